The molecule has 0 radical (unpaired) electrons. The van der Waals surface area contributed by atoms with Gasteiger partial charge in [-0.1, -0.05) is 18.5 Å². The van der Waals surface area contributed by atoms with E-state index >= 15 is 0 Å². The Kier molecular flexibility index (Phi) is 3.15. The minimum atomic E-state index is -1.15. The first-order chi connectivity index (χ1) is 5.69. The van der Waals surface area contributed by atoms with Crippen molar-refractivity contribution in [1.82, 2.24) is 4.90 Å². The Morgan fingerprint density at radius 3 is 2.75 bits per heavy atom. The number of alkyl halides is 1. The summed E-state index contributed by atoms with van der Waals surface area (Å²) in [5.74, 6) is 0. The number of halogens is 2. The maximum Gasteiger partial charge on any atom is 0.208 e. The predicted octanol–water partition coefficient (Wildman–Crippen LogP) is 3.03. The van der Waals surface area contributed by atoms with Gasteiger partial charge in [0.2, 0.25) is 6.30 Å². The van der Waals surface area contributed by atoms with Crippen molar-refractivity contribution in [1.29, 1.82) is 0 Å². The van der Waals surface area contributed by atoms with Gasteiger partial charge in [-0.05, 0) is 25.0 Å². The molecular formula is C9H13ClFN. The molecule has 0 bridgehead atoms. The Hall–Kier alpha value is -0.500. The maximum absolute atomic E-state index is 13.2. The van der Waals surface area contributed by atoms with Gasteiger partial charge in [-0.3, -0.25) is 0 Å². The molecule has 68 valence electrons. The molecule has 1 heterocycles. The molecule has 0 aromatic rings. The van der Waals surface area contributed by atoms with Crippen LogP contribution in [0.1, 0.15) is 20.3 Å². The van der Waals surface area contributed by atoms with Gasteiger partial charge in [0.25, 0.3) is 0 Å². The summed E-state index contributed by atoms with van der Waals surface area (Å²) < 4.78 is 13.2. The van der Waals surface area contributed by atoms with Crippen molar-refractivity contribution in [2.45, 2.75) is 26.6 Å². The summed E-state index contributed by atoms with van der Waals surface area (Å²) in [7, 11) is 0. The standard InChI is InChI=1S/C9H13ClFN/c1-3-7-5-8(10)9(11)12(4-2)6-7/h5-6,9H,3-4H2,1-2H3. The van der Waals surface area contributed by atoms with E-state index < -0.39 is 6.30 Å². The number of hydrogen-bond acceptors (Lipinski definition) is 1. The first kappa shape index (κ1) is 9.59. The number of hydrogen-bond donors (Lipinski definition) is 0. The van der Waals surface area contributed by atoms with Gasteiger partial charge in [0, 0.05) is 12.7 Å². The predicted molar refractivity (Wildman–Crippen MR) is 49.6 cm³/mol. The van der Waals surface area contributed by atoms with Crippen molar-refractivity contribution >= 4 is 11.6 Å². The van der Waals surface area contributed by atoms with Crippen LogP contribution in [-0.2, 0) is 0 Å². The Bertz CT molecular complexity index is 223. The lowest BCUT2D eigenvalue weighted by Crippen LogP contribution is -2.29. The molecule has 0 amide bonds. The first-order valence-corrected chi connectivity index (χ1v) is 4.54. The SMILES string of the molecule is CCC1=CN(CC)C(F)C(Cl)=C1. The fraction of sp³-hybridized carbons (Fsp3) is 0.556. The van der Waals surface area contributed by atoms with E-state index in [0.29, 0.717) is 6.54 Å². The largest absolute Gasteiger partial charge is 0.344 e. The third-order valence-electron chi connectivity index (χ3n) is 1.95. The molecule has 1 aliphatic heterocycles. The smallest absolute Gasteiger partial charge is 0.208 e. The van der Waals surface area contributed by atoms with Gasteiger partial charge in [0.1, 0.15) is 0 Å². The zero-order chi connectivity index (χ0) is 9.14. The fourth-order valence-corrected chi connectivity index (χ4v) is 1.43. The molecule has 1 nitrogen and oxygen atoms in total. The number of likely N-dealkylation sites (N-methyl/N-ethyl adjacent to an activating group) is 1. The molecule has 1 atom stereocenters. The summed E-state index contributed by atoms with van der Waals surface area (Å²) in [5, 5.41) is 0.288. The van der Waals surface area contributed by atoms with Crippen molar-refractivity contribution in [3.63, 3.8) is 0 Å². The minimum absolute atomic E-state index is 0.288. The van der Waals surface area contributed by atoms with E-state index in [-0.39, 0.29) is 5.03 Å². The zero-order valence-corrected chi connectivity index (χ0v) is 8.11. The zero-order valence-electron chi connectivity index (χ0n) is 7.35. The summed E-state index contributed by atoms with van der Waals surface area (Å²) in [4.78, 5) is 1.60. The molecule has 0 aromatic carbocycles. The monoisotopic (exact) mass is 189 g/mol. The molecule has 0 aromatic heterocycles. The molecule has 0 saturated heterocycles. The van der Waals surface area contributed by atoms with Crippen LogP contribution in [-0.4, -0.2) is 17.7 Å². The fourth-order valence-electron chi connectivity index (χ4n) is 1.16. The van der Waals surface area contributed by atoms with Gasteiger partial charge < -0.3 is 4.90 Å². The highest BCUT2D eigenvalue weighted by molar-refractivity contribution is 6.30. The molecule has 1 unspecified atom stereocenters. The van der Waals surface area contributed by atoms with E-state index in [1.165, 1.54) is 0 Å². The molecular weight excluding hydrogens is 177 g/mol. The van der Waals surface area contributed by atoms with Crippen LogP contribution >= 0.6 is 11.6 Å². The highest BCUT2D eigenvalue weighted by Gasteiger charge is 2.20. The van der Waals surface area contributed by atoms with E-state index in [2.05, 4.69) is 0 Å². The Labute approximate surface area is 77.5 Å². The first-order valence-electron chi connectivity index (χ1n) is 4.16. The lowest BCUT2D eigenvalue weighted by molar-refractivity contribution is 0.176. The Morgan fingerprint density at radius 2 is 2.25 bits per heavy atom. The van der Waals surface area contributed by atoms with Crippen molar-refractivity contribution in [3.8, 4) is 0 Å². The van der Waals surface area contributed by atoms with Crippen LogP contribution in [0.5, 0.6) is 0 Å². The molecule has 0 saturated carbocycles. The number of allylic oxidation sites excluding steroid dienone is 2. The van der Waals surface area contributed by atoms with Crippen LogP contribution in [0.3, 0.4) is 0 Å². The molecule has 1 aliphatic rings. The van der Waals surface area contributed by atoms with Crippen LogP contribution in [0.25, 0.3) is 0 Å². The molecule has 3 heteroatoms. The quantitative estimate of drug-likeness (QED) is 0.604. The normalized spacial score (nSPS) is 23.7. The van der Waals surface area contributed by atoms with E-state index in [1.54, 1.807) is 11.0 Å². The maximum atomic E-state index is 13.2. The van der Waals surface area contributed by atoms with Crippen LogP contribution in [0.15, 0.2) is 22.9 Å². The second-order valence-corrected chi connectivity index (χ2v) is 3.19. The van der Waals surface area contributed by atoms with Crippen LogP contribution in [0.4, 0.5) is 4.39 Å². The summed E-state index contributed by atoms with van der Waals surface area (Å²) in [5.41, 5.74) is 1.08. The molecule has 0 aliphatic carbocycles. The summed E-state index contributed by atoms with van der Waals surface area (Å²) in [6, 6.07) is 0. The molecule has 0 spiro atoms. The molecule has 0 N–H and O–H groups in total. The average molecular weight is 190 g/mol. The summed E-state index contributed by atoms with van der Waals surface area (Å²) >= 11 is 5.72. The van der Waals surface area contributed by atoms with Gasteiger partial charge in [0.15, 0.2) is 0 Å². The van der Waals surface area contributed by atoms with Gasteiger partial charge >= 0.3 is 0 Å². The van der Waals surface area contributed by atoms with Crippen molar-refractivity contribution in [3.05, 3.63) is 22.9 Å². The van der Waals surface area contributed by atoms with Crippen molar-refractivity contribution < 1.29 is 4.39 Å². The van der Waals surface area contributed by atoms with E-state index in [9.17, 15) is 4.39 Å². The molecule has 1 rings (SSSR count). The van der Waals surface area contributed by atoms with E-state index in [4.69, 9.17) is 11.6 Å². The van der Waals surface area contributed by atoms with Crippen LogP contribution < -0.4 is 0 Å². The lowest BCUT2D eigenvalue weighted by Gasteiger charge is -2.27. The Balaban J connectivity index is 2.82. The second kappa shape index (κ2) is 3.94. The van der Waals surface area contributed by atoms with Gasteiger partial charge in [-0.2, -0.15) is 0 Å². The number of nitrogens with zero attached hydrogens (tertiary/aromatic N) is 1. The van der Waals surface area contributed by atoms with Crippen LogP contribution in [0.2, 0.25) is 0 Å². The topological polar surface area (TPSA) is 3.24 Å². The summed E-state index contributed by atoms with van der Waals surface area (Å²) in [6.07, 6.45) is 3.28. The third kappa shape index (κ3) is 1.81. The van der Waals surface area contributed by atoms with Gasteiger partial charge in [-0.15, -0.1) is 0 Å². The van der Waals surface area contributed by atoms with Crippen LogP contribution in [0, 0.1) is 0 Å². The summed E-state index contributed by atoms with van der Waals surface area (Å²) in [6.45, 7) is 4.58. The minimum Gasteiger partial charge on any atom is -0.344 e. The van der Waals surface area contributed by atoms with Crippen molar-refractivity contribution in [2.24, 2.45) is 0 Å². The second-order valence-electron chi connectivity index (χ2n) is 2.75. The number of rotatable bonds is 2. The van der Waals surface area contributed by atoms with Gasteiger partial charge in [0.05, 0.1) is 5.03 Å². The van der Waals surface area contributed by atoms with Crippen molar-refractivity contribution in [2.75, 3.05) is 6.54 Å². The highest BCUT2D eigenvalue weighted by Crippen LogP contribution is 2.25. The lowest BCUT2D eigenvalue weighted by atomic mass is 10.1. The highest BCUT2D eigenvalue weighted by atomic mass is 35.5. The average Bonchev–Trinajstić information content (AvgIpc) is 2.09. The Morgan fingerprint density at radius 1 is 1.58 bits per heavy atom. The third-order valence-corrected chi connectivity index (χ3v) is 2.24. The van der Waals surface area contributed by atoms with Gasteiger partial charge in [-0.25, -0.2) is 4.39 Å². The van der Waals surface area contributed by atoms with E-state index in [1.807, 2.05) is 20.0 Å². The molecule has 12 heavy (non-hydrogen) atoms. The molecule has 0 fully saturated rings. The van der Waals surface area contributed by atoms with E-state index in [0.717, 1.165) is 12.0 Å².